The van der Waals surface area contributed by atoms with Crippen LogP contribution in [0.2, 0.25) is 0 Å². The van der Waals surface area contributed by atoms with E-state index in [1.165, 1.54) is 0 Å². The van der Waals surface area contributed by atoms with Crippen molar-refractivity contribution in [1.82, 2.24) is 10.2 Å². The Balaban J connectivity index is 2.01. The fourth-order valence-corrected chi connectivity index (χ4v) is 3.67. The number of nitrogens with zero attached hydrogens (tertiary/aromatic N) is 1. The third-order valence-corrected chi connectivity index (χ3v) is 5.12. The van der Waals surface area contributed by atoms with Crippen LogP contribution in [-0.2, 0) is 9.47 Å². The minimum absolute atomic E-state index is 0.0775. The van der Waals surface area contributed by atoms with Gasteiger partial charge in [0.25, 0.3) is 0 Å². The normalized spacial score (nSPS) is 25.0. The van der Waals surface area contributed by atoms with Crippen molar-refractivity contribution in [3.63, 3.8) is 0 Å². The Morgan fingerprint density at radius 1 is 1.42 bits per heavy atom. The lowest BCUT2D eigenvalue weighted by molar-refractivity contribution is 0.00172. The number of rotatable bonds is 5. The highest BCUT2D eigenvalue weighted by Gasteiger charge is 2.49. The summed E-state index contributed by atoms with van der Waals surface area (Å²) in [5.41, 5.74) is -0.394. The van der Waals surface area contributed by atoms with Crippen LogP contribution in [0.4, 0.5) is 4.79 Å². The number of carbonyl (C=O) groups excluding carboxylic acids is 1. The number of aliphatic hydroxyl groups is 1. The van der Waals surface area contributed by atoms with Crippen molar-refractivity contribution >= 4 is 6.09 Å². The number of nitrogens with one attached hydrogen (secondary N) is 1. The third kappa shape index (κ3) is 5.07. The molecule has 24 heavy (non-hydrogen) atoms. The van der Waals surface area contributed by atoms with E-state index in [1.807, 2.05) is 25.7 Å². The van der Waals surface area contributed by atoms with E-state index in [4.69, 9.17) is 14.6 Å². The minimum Gasteiger partial charge on any atom is -0.444 e. The first-order chi connectivity index (χ1) is 11.3. The molecule has 0 aromatic heterocycles. The fourth-order valence-electron chi connectivity index (χ4n) is 3.67. The second-order valence-electron chi connectivity index (χ2n) is 8.41. The summed E-state index contributed by atoms with van der Waals surface area (Å²) in [6.07, 6.45) is 2.52. The zero-order valence-electron chi connectivity index (χ0n) is 15.6. The van der Waals surface area contributed by atoms with Crippen LogP contribution in [0, 0.1) is 11.3 Å². The molecule has 2 saturated heterocycles. The maximum absolute atomic E-state index is 12.5. The number of amides is 1. The molecule has 0 radical (unpaired) electrons. The van der Waals surface area contributed by atoms with E-state index < -0.39 is 5.60 Å². The highest BCUT2D eigenvalue weighted by molar-refractivity contribution is 5.68. The molecule has 0 aromatic carbocycles. The maximum atomic E-state index is 12.5. The van der Waals surface area contributed by atoms with Gasteiger partial charge in [0.1, 0.15) is 5.60 Å². The molecule has 1 amide bonds. The van der Waals surface area contributed by atoms with Crippen LogP contribution in [0.3, 0.4) is 0 Å². The smallest absolute Gasteiger partial charge is 0.410 e. The van der Waals surface area contributed by atoms with Gasteiger partial charge in [-0.1, -0.05) is 6.92 Å². The summed E-state index contributed by atoms with van der Waals surface area (Å²) in [6, 6.07) is 0.259. The summed E-state index contributed by atoms with van der Waals surface area (Å²) in [5, 5.41) is 12.7. The molecule has 0 bridgehead atoms. The van der Waals surface area contributed by atoms with Crippen molar-refractivity contribution in [2.75, 3.05) is 39.5 Å². The molecular formula is C18H34N2O4. The van der Waals surface area contributed by atoms with Gasteiger partial charge in [0.2, 0.25) is 0 Å². The van der Waals surface area contributed by atoms with Gasteiger partial charge in [0.15, 0.2) is 0 Å². The predicted octanol–water partition coefficient (Wildman–Crippen LogP) is 2.01. The molecule has 2 rings (SSSR count). The predicted molar refractivity (Wildman–Crippen MR) is 93.0 cm³/mol. The van der Waals surface area contributed by atoms with Crippen LogP contribution in [0.1, 0.15) is 47.0 Å². The molecule has 6 heteroatoms. The number of hydrogen-bond donors (Lipinski definition) is 2. The molecule has 2 atom stereocenters. The van der Waals surface area contributed by atoms with Crippen LogP contribution >= 0.6 is 0 Å². The molecule has 140 valence electrons. The largest absolute Gasteiger partial charge is 0.444 e. The Hall–Kier alpha value is -0.850. The molecule has 1 spiro atoms. The first kappa shape index (κ1) is 19.5. The van der Waals surface area contributed by atoms with E-state index in [1.54, 1.807) is 0 Å². The van der Waals surface area contributed by atoms with Gasteiger partial charge in [0.05, 0.1) is 0 Å². The fraction of sp³-hybridized carbons (Fsp3) is 0.944. The maximum Gasteiger partial charge on any atom is 0.410 e. The van der Waals surface area contributed by atoms with Crippen molar-refractivity contribution in [3.05, 3.63) is 0 Å². The first-order valence-corrected chi connectivity index (χ1v) is 9.16. The molecule has 2 N–H and O–H groups in total. The number of ether oxygens (including phenoxy) is 2. The molecule has 2 aliphatic heterocycles. The van der Waals surface area contributed by atoms with Gasteiger partial charge >= 0.3 is 6.09 Å². The van der Waals surface area contributed by atoms with Gasteiger partial charge in [-0.15, -0.1) is 0 Å². The topological polar surface area (TPSA) is 71.0 Å². The molecule has 2 fully saturated rings. The van der Waals surface area contributed by atoms with Gasteiger partial charge in [-0.2, -0.15) is 0 Å². The van der Waals surface area contributed by atoms with Crippen molar-refractivity contribution < 1.29 is 19.4 Å². The van der Waals surface area contributed by atoms with E-state index in [2.05, 4.69) is 12.2 Å². The molecule has 0 saturated carbocycles. The Bertz CT molecular complexity index is 416. The average Bonchev–Trinajstić information content (AvgIpc) is 2.83. The van der Waals surface area contributed by atoms with Crippen LogP contribution < -0.4 is 5.32 Å². The summed E-state index contributed by atoms with van der Waals surface area (Å²) in [5.74, 6) is 0.419. The summed E-state index contributed by atoms with van der Waals surface area (Å²) in [6.45, 7) is 11.8. The Morgan fingerprint density at radius 2 is 2.08 bits per heavy atom. The SMILES string of the molecule is CC(CCO)CNC1CN(C(=O)OC(C)(C)C)CC12CCOCC2. The monoisotopic (exact) mass is 342 g/mol. The Morgan fingerprint density at radius 3 is 2.67 bits per heavy atom. The van der Waals surface area contributed by atoms with Gasteiger partial charge in [-0.05, 0) is 52.5 Å². The molecule has 2 unspecified atom stereocenters. The van der Waals surface area contributed by atoms with Gasteiger partial charge in [-0.25, -0.2) is 4.79 Å². The summed E-state index contributed by atoms with van der Waals surface area (Å²) in [4.78, 5) is 14.3. The minimum atomic E-state index is -0.471. The second-order valence-corrected chi connectivity index (χ2v) is 8.41. The highest BCUT2D eigenvalue weighted by Crippen LogP contribution is 2.40. The first-order valence-electron chi connectivity index (χ1n) is 9.16. The molecular weight excluding hydrogens is 308 g/mol. The summed E-state index contributed by atoms with van der Waals surface area (Å²) in [7, 11) is 0. The number of likely N-dealkylation sites (tertiary alicyclic amines) is 1. The van der Waals surface area contributed by atoms with E-state index >= 15 is 0 Å². The second kappa shape index (κ2) is 8.02. The molecule has 2 heterocycles. The summed E-state index contributed by atoms with van der Waals surface area (Å²) >= 11 is 0. The zero-order valence-corrected chi connectivity index (χ0v) is 15.6. The molecule has 0 aromatic rings. The number of aliphatic hydroxyl groups excluding tert-OH is 1. The van der Waals surface area contributed by atoms with Crippen LogP contribution in [0.25, 0.3) is 0 Å². The molecule has 0 aliphatic carbocycles. The van der Waals surface area contributed by atoms with Crippen molar-refractivity contribution in [3.8, 4) is 0 Å². The lowest BCUT2D eigenvalue weighted by Crippen LogP contribution is -2.48. The van der Waals surface area contributed by atoms with Crippen molar-refractivity contribution in [2.24, 2.45) is 11.3 Å². The Labute approximate surface area is 145 Å². The van der Waals surface area contributed by atoms with Gasteiger partial charge in [-0.3, -0.25) is 0 Å². The van der Waals surface area contributed by atoms with E-state index in [0.29, 0.717) is 12.5 Å². The van der Waals surface area contributed by atoms with E-state index in [0.717, 1.165) is 45.6 Å². The van der Waals surface area contributed by atoms with Crippen molar-refractivity contribution in [1.29, 1.82) is 0 Å². The Kier molecular flexibility index (Phi) is 6.51. The lowest BCUT2D eigenvalue weighted by Gasteiger charge is -2.38. The number of carbonyl (C=O) groups is 1. The van der Waals surface area contributed by atoms with E-state index in [-0.39, 0.29) is 24.2 Å². The number of hydrogen-bond acceptors (Lipinski definition) is 5. The average molecular weight is 342 g/mol. The molecule has 6 nitrogen and oxygen atoms in total. The highest BCUT2D eigenvalue weighted by atomic mass is 16.6. The standard InChI is InChI=1S/C18H34N2O4/c1-14(5-8-21)11-19-15-12-20(16(22)24-17(2,3)4)13-18(15)6-9-23-10-7-18/h14-15,19,21H,5-13H2,1-4H3. The molecule has 2 aliphatic rings. The van der Waals surface area contributed by atoms with Gasteiger partial charge < -0.3 is 24.8 Å². The lowest BCUT2D eigenvalue weighted by atomic mass is 9.76. The van der Waals surface area contributed by atoms with Gasteiger partial charge in [0, 0.05) is 44.4 Å². The third-order valence-electron chi connectivity index (χ3n) is 5.12. The quantitative estimate of drug-likeness (QED) is 0.800. The van der Waals surface area contributed by atoms with E-state index in [9.17, 15) is 4.79 Å². The van der Waals surface area contributed by atoms with Crippen molar-refractivity contribution in [2.45, 2.75) is 58.6 Å². The van der Waals surface area contributed by atoms with Crippen LogP contribution in [0.5, 0.6) is 0 Å². The zero-order chi connectivity index (χ0) is 17.8. The van der Waals surface area contributed by atoms with Crippen LogP contribution in [-0.4, -0.2) is 67.2 Å². The summed E-state index contributed by atoms with van der Waals surface area (Å²) < 4.78 is 11.1. The van der Waals surface area contributed by atoms with Crippen LogP contribution in [0.15, 0.2) is 0 Å².